The van der Waals surface area contributed by atoms with Gasteiger partial charge in [0.15, 0.2) is 0 Å². The van der Waals surface area contributed by atoms with Crippen LogP contribution in [0.25, 0.3) is 0 Å². The van der Waals surface area contributed by atoms with Crippen molar-refractivity contribution in [2.45, 2.75) is 70.7 Å². The maximum atomic E-state index is 12.8. The highest BCUT2D eigenvalue weighted by molar-refractivity contribution is 5.75. The van der Waals surface area contributed by atoms with Crippen molar-refractivity contribution in [2.75, 3.05) is 7.11 Å². The molecule has 5 heteroatoms. The fraction of sp³-hybridized carbons (Fsp3) is 0.632. The van der Waals surface area contributed by atoms with Gasteiger partial charge in [-0.1, -0.05) is 19.1 Å². The van der Waals surface area contributed by atoms with E-state index in [1.165, 1.54) is 0 Å². The molecule has 0 unspecified atom stereocenters. The topological polar surface area (TPSA) is 61.8 Å². The number of benzene rings is 1. The molecule has 2 N–H and O–H groups in total. The van der Waals surface area contributed by atoms with Gasteiger partial charge in [-0.05, 0) is 56.7 Å². The highest BCUT2D eigenvalue weighted by Gasteiger charge is 2.28. The second-order valence-corrected chi connectivity index (χ2v) is 6.70. The number of ether oxygens (including phenoxy) is 1. The number of urea groups is 1. The van der Waals surface area contributed by atoms with E-state index in [1.807, 2.05) is 36.1 Å². The van der Waals surface area contributed by atoms with Gasteiger partial charge in [0.2, 0.25) is 0 Å². The first-order valence-corrected chi connectivity index (χ1v) is 8.91. The molecule has 1 aliphatic carbocycles. The Kier molecular flexibility index (Phi) is 6.91. The van der Waals surface area contributed by atoms with E-state index in [9.17, 15) is 9.90 Å². The molecule has 1 saturated carbocycles. The first-order chi connectivity index (χ1) is 11.5. The predicted octanol–water partition coefficient (Wildman–Crippen LogP) is 3.31. The summed E-state index contributed by atoms with van der Waals surface area (Å²) in [7, 11) is 1.65. The average molecular weight is 334 g/mol. The lowest BCUT2D eigenvalue weighted by Crippen LogP contribution is -2.49. The Balaban J connectivity index is 2.13. The average Bonchev–Trinajstić information content (AvgIpc) is 2.60. The Morgan fingerprint density at radius 1 is 1.38 bits per heavy atom. The monoisotopic (exact) mass is 334 g/mol. The van der Waals surface area contributed by atoms with Gasteiger partial charge in [-0.25, -0.2) is 4.79 Å². The molecular formula is C19H30N2O3. The number of hydrogen-bond donors (Lipinski definition) is 2. The molecule has 0 spiro atoms. The zero-order chi connectivity index (χ0) is 17.5. The minimum absolute atomic E-state index is 0.0199. The molecule has 1 aromatic rings. The number of aliphatic hydroxyl groups excluding tert-OH is 1. The van der Waals surface area contributed by atoms with Crippen LogP contribution in [0, 0.1) is 0 Å². The fourth-order valence-corrected chi connectivity index (χ4v) is 3.10. The van der Waals surface area contributed by atoms with E-state index in [4.69, 9.17) is 4.74 Å². The summed E-state index contributed by atoms with van der Waals surface area (Å²) in [6, 6.07) is 8.15. The maximum absolute atomic E-state index is 12.8. The van der Waals surface area contributed by atoms with Crippen LogP contribution in [-0.4, -0.2) is 41.3 Å². The molecule has 0 aromatic heterocycles. The number of rotatable bonds is 6. The minimum atomic E-state index is -0.224. The van der Waals surface area contributed by atoms with Crippen molar-refractivity contribution in [1.82, 2.24) is 10.2 Å². The summed E-state index contributed by atoms with van der Waals surface area (Å²) in [5.41, 5.74) is 1.06. The lowest BCUT2D eigenvalue weighted by Gasteiger charge is -2.36. The highest BCUT2D eigenvalue weighted by atomic mass is 16.5. The molecule has 5 nitrogen and oxygen atoms in total. The van der Waals surface area contributed by atoms with Crippen LogP contribution in [0.4, 0.5) is 4.79 Å². The Labute approximate surface area is 145 Å². The zero-order valence-electron chi connectivity index (χ0n) is 15.0. The van der Waals surface area contributed by atoms with Crippen molar-refractivity contribution in [3.63, 3.8) is 0 Å². The van der Waals surface area contributed by atoms with Gasteiger partial charge < -0.3 is 20.1 Å². The lowest BCUT2D eigenvalue weighted by atomic mass is 9.92. The maximum Gasteiger partial charge on any atom is 0.318 e. The summed E-state index contributed by atoms with van der Waals surface area (Å²) in [5.74, 6) is 0.800. The SMILES string of the molecule is CC[C@H](C)NC(=O)N(Cc1cccc(OC)c1)C1CCC(O)CC1. The van der Waals surface area contributed by atoms with Crippen LogP contribution in [-0.2, 0) is 6.54 Å². The molecule has 1 atom stereocenters. The van der Waals surface area contributed by atoms with Crippen molar-refractivity contribution < 1.29 is 14.6 Å². The van der Waals surface area contributed by atoms with Gasteiger partial charge in [0, 0.05) is 18.6 Å². The third kappa shape index (κ3) is 5.13. The van der Waals surface area contributed by atoms with Crippen molar-refractivity contribution in [3.8, 4) is 5.75 Å². The van der Waals surface area contributed by atoms with Crippen LogP contribution in [0.5, 0.6) is 5.75 Å². The van der Waals surface area contributed by atoms with E-state index in [0.29, 0.717) is 6.54 Å². The molecule has 1 aliphatic rings. The molecule has 1 fully saturated rings. The molecule has 134 valence electrons. The summed E-state index contributed by atoms with van der Waals surface area (Å²) in [4.78, 5) is 14.7. The number of methoxy groups -OCH3 is 1. The van der Waals surface area contributed by atoms with Crippen LogP contribution in [0.15, 0.2) is 24.3 Å². The third-order valence-corrected chi connectivity index (χ3v) is 4.84. The second-order valence-electron chi connectivity index (χ2n) is 6.70. The molecule has 0 radical (unpaired) electrons. The van der Waals surface area contributed by atoms with E-state index in [2.05, 4.69) is 12.2 Å². The first kappa shape index (κ1) is 18.6. The number of nitrogens with one attached hydrogen (secondary N) is 1. The third-order valence-electron chi connectivity index (χ3n) is 4.84. The van der Waals surface area contributed by atoms with Crippen molar-refractivity contribution in [1.29, 1.82) is 0 Å². The molecular weight excluding hydrogens is 304 g/mol. The Morgan fingerprint density at radius 2 is 2.08 bits per heavy atom. The van der Waals surface area contributed by atoms with E-state index < -0.39 is 0 Å². The van der Waals surface area contributed by atoms with Gasteiger partial charge in [-0.2, -0.15) is 0 Å². The summed E-state index contributed by atoms with van der Waals surface area (Å²) in [5, 5.41) is 12.8. The smallest absolute Gasteiger partial charge is 0.318 e. The normalized spacial score (nSPS) is 21.8. The van der Waals surface area contributed by atoms with Gasteiger partial charge in [-0.3, -0.25) is 0 Å². The van der Waals surface area contributed by atoms with Gasteiger partial charge in [0.1, 0.15) is 5.75 Å². The van der Waals surface area contributed by atoms with E-state index in [-0.39, 0.29) is 24.2 Å². The summed E-state index contributed by atoms with van der Waals surface area (Å²) in [6.45, 7) is 4.64. The number of nitrogens with zero attached hydrogens (tertiary/aromatic N) is 1. The first-order valence-electron chi connectivity index (χ1n) is 8.91. The Hall–Kier alpha value is -1.75. The van der Waals surface area contributed by atoms with E-state index >= 15 is 0 Å². The molecule has 0 saturated heterocycles. The van der Waals surface area contributed by atoms with Gasteiger partial charge >= 0.3 is 6.03 Å². The van der Waals surface area contributed by atoms with Crippen molar-refractivity contribution in [2.24, 2.45) is 0 Å². The standard InChI is InChI=1S/C19H30N2O3/c1-4-14(2)20-19(23)21(16-8-10-17(22)11-9-16)13-15-6-5-7-18(12-15)24-3/h5-7,12,14,16-17,22H,4,8-11,13H2,1-3H3,(H,20,23)/t14-,16?,17?/m0/s1. The highest BCUT2D eigenvalue weighted by Crippen LogP contribution is 2.25. The molecule has 0 bridgehead atoms. The van der Waals surface area contributed by atoms with E-state index in [0.717, 1.165) is 43.4 Å². The number of carbonyl (C=O) groups excluding carboxylic acids is 1. The van der Waals surface area contributed by atoms with E-state index in [1.54, 1.807) is 7.11 Å². The number of hydrogen-bond acceptors (Lipinski definition) is 3. The molecule has 0 aliphatic heterocycles. The fourth-order valence-electron chi connectivity index (χ4n) is 3.10. The molecule has 0 heterocycles. The van der Waals surface area contributed by atoms with Gasteiger partial charge in [-0.15, -0.1) is 0 Å². The summed E-state index contributed by atoms with van der Waals surface area (Å²) in [6.07, 6.45) is 3.89. The largest absolute Gasteiger partial charge is 0.497 e. The van der Waals surface area contributed by atoms with Crippen molar-refractivity contribution in [3.05, 3.63) is 29.8 Å². The Morgan fingerprint density at radius 3 is 2.71 bits per heavy atom. The zero-order valence-corrected chi connectivity index (χ0v) is 15.0. The second kappa shape index (κ2) is 8.92. The minimum Gasteiger partial charge on any atom is -0.497 e. The van der Waals surface area contributed by atoms with Gasteiger partial charge in [0.05, 0.1) is 13.2 Å². The summed E-state index contributed by atoms with van der Waals surface area (Å²) < 4.78 is 5.29. The molecule has 24 heavy (non-hydrogen) atoms. The predicted molar refractivity (Wildman–Crippen MR) is 95.1 cm³/mol. The van der Waals surface area contributed by atoms with Crippen LogP contribution in [0.3, 0.4) is 0 Å². The number of aliphatic hydroxyl groups is 1. The molecule has 2 amide bonds. The lowest BCUT2D eigenvalue weighted by molar-refractivity contribution is 0.0811. The summed E-state index contributed by atoms with van der Waals surface area (Å²) >= 11 is 0. The molecule has 2 rings (SSSR count). The van der Waals surface area contributed by atoms with Crippen LogP contribution in [0.1, 0.15) is 51.5 Å². The Bertz CT molecular complexity index is 527. The quantitative estimate of drug-likeness (QED) is 0.839. The van der Waals surface area contributed by atoms with Crippen LogP contribution >= 0.6 is 0 Å². The number of carbonyl (C=O) groups is 1. The van der Waals surface area contributed by atoms with Crippen LogP contribution < -0.4 is 10.1 Å². The van der Waals surface area contributed by atoms with Gasteiger partial charge in [0.25, 0.3) is 0 Å². The number of amides is 2. The van der Waals surface area contributed by atoms with Crippen LogP contribution in [0.2, 0.25) is 0 Å². The molecule has 1 aromatic carbocycles. The van der Waals surface area contributed by atoms with Crippen molar-refractivity contribution >= 4 is 6.03 Å².